The summed E-state index contributed by atoms with van der Waals surface area (Å²) in [5.74, 6) is -0.335. The number of urea groups is 1. The first-order valence-corrected chi connectivity index (χ1v) is 10.6. The quantitative estimate of drug-likeness (QED) is 0.579. The zero-order chi connectivity index (χ0) is 18.5. The van der Waals surface area contributed by atoms with E-state index in [4.69, 9.17) is 12.2 Å². The summed E-state index contributed by atoms with van der Waals surface area (Å²) in [4.78, 5) is 24.2. The number of imide groups is 1. The predicted molar refractivity (Wildman–Crippen MR) is 107 cm³/mol. The van der Waals surface area contributed by atoms with Gasteiger partial charge in [-0.3, -0.25) is 10.1 Å². The summed E-state index contributed by atoms with van der Waals surface area (Å²) in [5, 5.41) is 9.29. The number of aromatic nitrogens is 2. The van der Waals surface area contributed by atoms with Crippen molar-refractivity contribution in [3.63, 3.8) is 0 Å². The number of nitrogens with one attached hydrogen (secondary N) is 2. The fraction of sp³-hybridized carbons (Fsp3) is 0.412. The molecule has 6 nitrogen and oxygen atoms in total. The van der Waals surface area contributed by atoms with Crippen LogP contribution in [0.3, 0.4) is 0 Å². The fourth-order valence-electron chi connectivity index (χ4n) is 2.75. The molecule has 0 saturated heterocycles. The van der Waals surface area contributed by atoms with E-state index >= 15 is 0 Å². The molecule has 0 bridgehead atoms. The monoisotopic (exact) mass is 408 g/mol. The molecule has 3 amide bonds. The van der Waals surface area contributed by atoms with E-state index in [9.17, 15) is 9.59 Å². The van der Waals surface area contributed by atoms with E-state index < -0.39 is 11.3 Å². The lowest BCUT2D eigenvalue weighted by Gasteiger charge is -2.14. The summed E-state index contributed by atoms with van der Waals surface area (Å²) >= 11 is 8.01. The van der Waals surface area contributed by atoms with Gasteiger partial charge in [0.25, 0.3) is 0 Å². The molecule has 1 aromatic carbocycles. The highest BCUT2D eigenvalue weighted by Gasteiger charge is 2.22. The van der Waals surface area contributed by atoms with Crippen LogP contribution in [0.15, 0.2) is 34.7 Å². The molecule has 0 radical (unpaired) electrons. The van der Waals surface area contributed by atoms with Crippen LogP contribution in [0.4, 0.5) is 4.79 Å². The first-order chi connectivity index (χ1) is 12.5. The summed E-state index contributed by atoms with van der Waals surface area (Å²) < 4.78 is 2.99. The van der Waals surface area contributed by atoms with Crippen molar-refractivity contribution >= 4 is 47.3 Å². The van der Waals surface area contributed by atoms with Gasteiger partial charge < -0.3 is 5.32 Å². The number of benzene rings is 1. The third-order valence-corrected chi connectivity index (χ3v) is 6.52. The van der Waals surface area contributed by atoms with E-state index in [2.05, 4.69) is 15.7 Å². The Balaban J connectivity index is 1.57. The average Bonchev–Trinajstić information content (AvgIpc) is 3.25. The molecule has 1 fully saturated rings. The Hall–Kier alpha value is -1.71. The molecule has 0 aliphatic heterocycles. The average molecular weight is 409 g/mol. The molecule has 3 rings (SSSR count). The molecule has 1 aliphatic carbocycles. The second-order valence-corrected chi connectivity index (χ2v) is 9.30. The molecule has 1 aromatic heterocycles. The molecule has 26 heavy (non-hydrogen) atoms. The van der Waals surface area contributed by atoms with Crippen molar-refractivity contribution in [3.8, 4) is 5.69 Å². The third-order valence-electron chi connectivity index (χ3n) is 4.10. The molecule has 0 unspecified atom stereocenters. The van der Waals surface area contributed by atoms with E-state index in [0.29, 0.717) is 8.29 Å². The number of para-hydroxylation sites is 1. The van der Waals surface area contributed by atoms with E-state index in [0.717, 1.165) is 31.4 Å². The van der Waals surface area contributed by atoms with Crippen LogP contribution in [0.2, 0.25) is 0 Å². The van der Waals surface area contributed by atoms with E-state index in [1.807, 2.05) is 30.3 Å². The lowest BCUT2D eigenvalue weighted by Crippen LogP contribution is -2.45. The van der Waals surface area contributed by atoms with Crippen molar-refractivity contribution in [2.75, 3.05) is 0 Å². The number of amides is 3. The van der Waals surface area contributed by atoms with Gasteiger partial charge in [0.2, 0.25) is 5.91 Å². The van der Waals surface area contributed by atoms with Gasteiger partial charge in [0.05, 0.1) is 10.9 Å². The number of hydrogen-bond donors (Lipinski definition) is 2. The Labute approximate surface area is 165 Å². The highest BCUT2D eigenvalue weighted by molar-refractivity contribution is 8.02. The Morgan fingerprint density at radius 1 is 1.31 bits per heavy atom. The Kier molecular flexibility index (Phi) is 6.44. The van der Waals surface area contributed by atoms with Gasteiger partial charge in [-0.25, -0.2) is 9.48 Å². The maximum absolute atomic E-state index is 12.2. The topological polar surface area (TPSA) is 76.0 Å². The highest BCUT2D eigenvalue weighted by atomic mass is 32.2. The molecule has 1 saturated carbocycles. The minimum Gasteiger partial charge on any atom is -0.335 e. The number of carbonyl (C=O) groups excluding carboxylic acids is 2. The van der Waals surface area contributed by atoms with Gasteiger partial charge in [-0.15, -0.1) is 5.10 Å². The van der Waals surface area contributed by atoms with Crippen LogP contribution in [-0.2, 0) is 4.79 Å². The van der Waals surface area contributed by atoms with Crippen LogP contribution in [0, 0.1) is 3.95 Å². The highest BCUT2D eigenvalue weighted by Crippen LogP contribution is 2.27. The Morgan fingerprint density at radius 2 is 2.00 bits per heavy atom. The summed E-state index contributed by atoms with van der Waals surface area (Å²) in [7, 11) is 0. The summed E-state index contributed by atoms with van der Waals surface area (Å²) in [6.07, 6.45) is 4.21. The smallest absolute Gasteiger partial charge is 0.321 e. The molecule has 1 heterocycles. The third kappa shape index (κ3) is 4.93. The van der Waals surface area contributed by atoms with Crippen molar-refractivity contribution in [1.29, 1.82) is 0 Å². The van der Waals surface area contributed by atoms with Crippen molar-refractivity contribution in [2.45, 2.75) is 48.2 Å². The van der Waals surface area contributed by atoms with Gasteiger partial charge in [-0.05, 0) is 44.1 Å². The Morgan fingerprint density at radius 3 is 2.69 bits per heavy atom. The van der Waals surface area contributed by atoms with Gasteiger partial charge in [-0.2, -0.15) is 0 Å². The van der Waals surface area contributed by atoms with Crippen LogP contribution in [-0.4, -0.2) is 33.0 Å². The second kappa shape index (κ2) is 8.79. The SMILES string of the molecule is C[C@@H](Sc1nn(-c2ccccc2)c(=S)s1)C(=O)NC(=O)NC1CCCC1. The second-order valence-electron chi connectivity index (χ2n) is 6.09. The first kappa shape index (κ1) is 19.1. The molecule has 138 valence electrons. The van der Waals surface area contributed by atoms with Crippen LogP contribution in [0.5, 0.6) is 0 Å². The van der Waals surface area contributed by atoms with Crippen molar-refractivity contribution in [2.24, 2.45) is 0 Å². The summed E-state index contributed by atoms with van der Waals surface area (Å²) in [5.41, 5.74) is 0.883. The standard InChI is InChI=1S/C17H20N4O2S3/c1-11(14(22)19-15(23)18-12-7-5-6-8-12)25-16-20-21(17(24)26-16)13-9-3-2-4-10-13/h2-4,9-12H,5-8H2,1H3,(H2,18,19,22,23)/t11-/m1/s1. The van der Waals surface area contributed by atoms with Crippen LogP contribution in [0.1, 0.15) is 32.6 Å². The fourth-order valence-corrected chi connectivity index (χ4v) is 5.26. The number of nitrogens with zero attached hydrogens (tertiary/aromatic N) is 2. The van der Waals surface area contributed by atoms with Crippen molar-refractivity contribution in [1.82, 2.24) is 20.4 Å². The normalized spacial score (nSPS) is 15.6. The van der Waals surface area contributed by atoms with Gasteiger partial charge in [-0.1, -0.05) is 54.1 Å². The molecule has 1 atom stereocenters. The van der Waals surface area contributed by atoms with Crippen LogP contribution in [0.25, 0.3) is 5.69 Å². The van der Waals surface area contributed by atoms with Gasteiger partial charge in [0.15, 0.2) is 8.29 Å². The number of thioether (sulfide) groups is 1. The van der Waals surface area contributed by atoms with Crippen LogP contribution < -0.4 is 10.6 Å². The summed E-state index contributed by atoms with van der Waals surface area (Å²) in [6, 6.07) is 9.37. The number of carbonyl (C=O) groups is 2. The molecule has 0 spiro atoms. The molecule has 2 N–H and O–H groups in total. The molecule has 2 aromatic rings. The Bertz CT molecular complexity index is 828. The van der Waals surface area contributed by atoms with E-state index in [1.54, 1.807) is 11.6 Å². The van der Waals surface area contributed by atoms with Gasteiger partial charge in [0.1, 0.15) is 0 Å². The molecular formula is C17H20N4O2S3. The minimum atomic E-state index is -0.450. The molecule has 1 aliphatic rings. The van der Waals surface area contributed by atoms with Gasteiger partial charge >= 0.3 is 6.03 Å². The zero-order valence-electron chi connectivity index (χ0n) is 14.3. The molecule has 9 heteroatoms. The number of rotatable bonds is 5. The first-order valence-electron chi connectivity index (χ1n) is 8.46. The lowest BCUT2D eigenvalue weighted by atomic mass is 10.2. The van der Waals surface area contributed by atoms with Crippen LogP contribution >= 0.6 is 35.3 Å². The maximum atomic E-state index is 12.2. The number of hydrogen-bond acceptors (Lipinski definition) is 6. The van der Waals surface area contributed by atoms with Crippen molar-refractivity contribution < 1.29 is 9.59 Å². The lowest BCUT2D eigenvalue weighted by molar-refractivity contribution is -0.119. The summed E-state index contributed by atoms with van der Waals surface area (Å²) in [6.45, 7) is 1.75. The van der Waals surface area contributed by atoms with Crippen molar-refractivity contribution in [3.05, 3.63) is 34.3 Å². The zero-order valence-corrected chi connectivity index (χ0v) is 16.8. The van der Waals surface area contributed by atoms with Gasteiger partial charge in [0, 0.05) is 6.04 Å². The van der Waals surface area contributed by atoms with E-state index in [1.165, 1.54) is 23.1 Å². The predicted octanol–water partition coefficient (Wildman–Crippen LogP) is 3.91. The maximum Gasteiger partial charge on any atom is 0.321 e. The minimum absolute atomic E-state index is 0.178. The molecular weight excluding hydrogens is 388 g/mol. The largest absolute Gasteiger partial charge is 0.335 e. The van der Waals surface area contributed by atoms with E-state index in [-0.39, 0.29) is 11.9 Å².